The molecule has 0 aliphatic carbocycles. The largest absolute Gasteiger partial charge is 0.369 e. The van der Waals surface area contributed by atoms with Crippen LogP contribution in [-0.2, 0) is 24.1 Å². The molecule has 1 amide bonds. The molecule has 0 radical (unpaired) electrons. The fourth-order valence-electron chi connectivity index (χ4n) is 2.94. The first-order chi connectivity index (χ1) is 11.2. The second-order valence-corrected chi connectivity index (χ2v) is 6.07. The Balaban J connectivity index is 1.46. The van der Waals surface area contributed by atoms with E-state index in [1.54, 1.807) is 0 Å². The smallest absolute Gasteiger partial charge is 0.221 e. The van der Waals surface area contributed by atoms with Crippen LogP contribution in [0.15, 0.2) is 54.7 Å². The molecule has 3 aromatic rings. The topological polar surface area (TPSA) is 58.9 Å². The van der Waals surface area contributed by atoms with E-state index in [1.165, 1.54) is 34.9 Å². The van der Waals surface area contributed by atoms with Crippen LogP contribution in [0, 0.1) is 0 Å². The molecule has 2 aromatic carbocycles. The van der Waals surface area contributed by atoms with E-state index in [9.17, 15) is 4.79 Å². The van der Waals surface area contributed by atoms with Crippen LogP contribution in [0.1, 0.15) is 29.5 Å². The molecule has 0 saturated carbocycles. The summed E-state index contributed by atoms with van der Waals surface area (Å²) in [6.45, 7) is 0. The first kappa shape index (κ1) is 15.3. The molecule has 0 bridgehead atoms. The quantitative estimate of drug-likeness (QED) is 0.642. The molecular weight excluding hydrogens is 284 g/mol. The summed E-state index contributed by atoms with van der Waals surface area (Å²) in [6.07, 6.45) is 6.84. The Kier molecular flexibility index (Phi) is 4.77. The van der Waals surface area contributed by atoms with Crippen LogP contribution in [0.4, 0.5) is 0 Å². The molecule has 0 fully saturated rings. The van der Waals surface area contributed by atoms with Gasteiger partial charge in [0.1, 0.15) is 0 Å². The molecule has 118 valence electrons. The van der Waals surface area contributed by atoms with E-state index < -0.39 is 0 Å². The molecule has 0 atom stereocenters. The van der Waals surface area contributed by atoms with Gasteiger partial charge in [-0.15, -0.1) is 0 Å². The summed E-state index contributed by atoms with van der Waals surface area (Å²) in [5, 5.41) is 1.28. The number of rotatable bonds is 7. The number of nitrogens with two attached hydrogens (primary N) is 1. The SMILES string of the molecule is NC(=O)Cc1ccc(CCCCc2ccc3[nH]ccc3c2)cc1. The van der Waals surface area contributed by atoms with Gasteiger partial charge in [-0.25, -0.2) is 0 Å². The molecule has 0 spiro atoms. The third kappa shape index (κ3) is 4.22. The average Bonchev–Trinajstić information content (AvgIpc) is 3.00. The van der Waals surface area contributed by atoms with E-state index in [0.29, 0.717) is 6.42 Å². The minimum Gasteiger partial charge on any atom is -0.369 e. The van der Waals surface area contributed by atoms with E-state index >= 15 is 0 Å². The summed E-state index contributed by atoms with van der Waals surface area (Å²) in [5.41, 5.74) is 10.1. The molecule has 1 heterocycles. The number of aromatic amines is 1. The average molecular weight is 306 g/mol. The normalized spacial score (nSPS) is 11.0. The maximum absolute atomic E-state index is 10.9. The molecular formula is C20H22N2O. The van der Waals surface area contributed by atoms with Gasteiger partial charge in [0.2, 0.25) is 5.91 Å². The zero-order valence-corrected chi connectivity index (χ0v) is 13.2. The first-order valence-electron chi connectivity index (χ1n) is 8.13. The monoisotopic (exact) mass is 306 g/mol. The number of carbonyl (C=O) groups is 1. The lowest BCUT2D eigenvalue weighted by Gasteiger charge is -2.04. The standard InChI is InChI=1S/C20H22N2O/c21-20(23)14-17-7-5-15(6-8-17)3-1-2-4-16-9-10-19-18(13-16)11-12-22-19/h5-13,22H,1-4,14H2,(H2,21,23). The van der Waals surface area contributed by atoms with Crippen LogP contribution >= 0.6 is 0 Å². The number of unbranched alkanes of at least 4 members (excludes halogenated alkanes) is 1. The van der Waals surface area contributed by atoms with Crippen LogP contribution in [-0.4, -0.2) is 10.9 Å². The highest BCUT2D eigenvalue weighted by Crippen LogP contribution is 2.16. The molecule has 3 nitrogen and oxygen atoms in total. The van der Waals surface area contributed by atoms with Gasteiger partial charge in [0.05, 0.1) is 6.42 Å². The Hall–Kier alpha value is -2.55. The van der Waals surface area contributed by atoms with Gasteiger partial charge in [0, 0.05) is 11.7 Å². The molecule has 0 unspecified atom stereocenters. The van der Waals surface area contributed by atoms with Gasteiger partial charge < -0.3 is 10.7 Å². The molecule has 3 heteroatoms. The lowest BCUT2D eigenvalue weighted by atomic mass is 10.0. The molecule has 0 aliphatic heterocycles. The maximum Gasteiger partial charge on any atom is 0.221 e. The van der Waals surface area contributed by atoms with Crippen molar-refractivity contribution in [2.24, 2.45) is 5.73 Å². The number of aryl methyl sites for hydroxylation is 2. The Morgan fingerprint density at radius 1 is 0.870 bits per heavy atom. The third-order valence-corrected chi connectivity index (χ3v) is 4.20. The predicted molar refractivity (Wildman–Crippen MR) is 94.3 cm³/mol. The highest BCUT2D eigenvalue weighted by Gasteiger charge is 2.00. The van der Waals surface area contributed by atoms with Crippen molar-refractivity contribution in [3.8, 4) is 0 Å². The fourth-order valence-corrected chi connectivity index (χ4v) is 2.94. The Labute approximate surface area is 136 Å². The van der Waals surface area contributed by atoms with Crippen molar-refractivity contribution in [2.45, 2.75) is 32.1 Å². The van der Waals surface area contributed by atoms with E-state index in [-0.39, 0.29) is 5.91 Å². The number of benzene rings is 2. The number of hydrogen-bond acceptors (Lipinski definition) is 1. The van der Waals surface area contributed by atoms with E-state index in [2.05, 4.69) is 41.4 Å². The molecule has 3 rings (SSSR count). The minimum atomic E-state index is -0.280. The van der Waals surface area contributed by atoms with E-state index in [0.717, 1.165) is 18.4 Å². The number of carbonyl (C=O) groups excluding carboxylic acids is 1. The fraction of sp³-hybridized carbons (Fsp3) is 0.250. The lowest BCUT2D eigenvalue weighted by molar-refractivity contribution is -0.117. The Bertz CT molecular complexity index is 787. The number of aromatic nitrogens is 1. The van der Waals surface area contributed by atoms with Gasteiger partial charge in [-0.05, 0) is 66.0 Å². The van der Waals surface area contributed by atoms with Crippen LogP contribution in [0.3, 0.4) is 0 Å². The Morgan fingerprint density at radius 3 is 2.26 bits per heavy atom. The number of H-pyrrole nitrogens is 1. The summed E-state index contributed by atoms with van der Waals surface area (Å²) in [4.78, 5) is 14.1. The molecule has 1 aromatic heterocycles. The van der Waals surface area contributed by atoms with Crippen LogP contribution in [0.2, 0.25) is 0 Å². The van der Waals surface area contributed by atoms with Crippen molar-refractivity contribution in [2.75, 3.05) is 0 Å². The number of fused-ring (bicyclic) bond motifs is 1. The summed E-state index contributed by atoms with van der Waals surface area (Å²) >= 11 is 0. The summed E-state index contributed by atoms with van der Waals surface area (Å²) in [7, 11) is 0. The highest BCUT2D eigenvalue weighted by atomic mass is 16.1. The zero-order valence-electron chi connectivity index (χ0n) is 13.2. The van der Waals surface area contributed by atoms with Crippen molar-refractivity contribution in [3.05, 3.63) is 71.4 Å². The van der Waals surface area contributed by atoms with Crippen molar-refractivity contribution < 1.29 is 4.79 Å². The number of amides is 1. The van der Waals surface area contributed by atoms with Crippen molar-refractivity contribution in [3.63, 3.8) is 0 Å². The van der Waals surface area contributed by atoms with Gasteiger partial charge in [0.15, 0.2) is 0 Å². The zero-order chi connectivity index (χ0) is 16.1. The molecule has 3 N–H and O–H groups in total. The van der Waals surface area contributed by atoms with Gasteiger partial charge in [-0.1, -0.05) is 30.3 Å². The molecule has 0 aliphatic rings. The van der Waals surface area contributed by atoms with Gasteiger partial charge in [-0.2, -0.15) is 0 Å². The van der Waals surface area contributed by atoms with E-state index in [1.807, 2.05) is 18.3 Å². The Morgan fingerprint density at radius 2 is 1.52 bits per heavy atom. The van der Waals surface area contributed by atoms with E-state index in [4.69, 9.17) is 5.73 Å². The number of nitrogens with one attached hydrogen (secondary N) is 1. The minimum absolute atomic E-state index is 0.280. The lowest BCUT2D eigenvalue weighted by Crippen LogP contribution is -2.13. The van der Waals surface area contributed by atoms with Crippen molar-refractivity contribution >= 4 is 16.8 Å². The molecule has 23 heavy (non-hydrogen) atoms. The summed E-state index contributed by atoms with van der Waals surface area (Å²) in [6, 6.07) is 16.9. The maximum atomic E-state index is 10.9. The predicted octanol–water partition coefficient (Wildman–Crippen LogP) is 3.76. The first-order valence-corrected chi connectivity index (χ1v) is 8.13. The van der Waals surface area contributed by atoms with Crippen molar-refractivity contribution in [1.82, 2.24) is 4.98 Å². The van der Waals surface area contributed by atoms with Gasteiger partial charge >= 0.3 is 0 Å². The van der Waals surface area contributed by atoms with Crippen molar-refractivity contribution in [1.29, 1.82) is 0 Å². The third-order valence-electron chi connectivity index (χ3n) is 4.20. The number of primary amides is 1. The summed E-state index contributed by atoms with van der Waals surface area (Å²) < 4.78 is 0. The molecule has 0 saturated heterocycles. The second-order valence-electron chi connectivity index (χ2n) is 6.07. The number of hydrogen-bond donors (Lipinski definition) is 2. The van der Waals surface area contributed by atoms with Gasteiger partial charge in [0.25, 0.3) is 0 Å². The van der Waals surface area contributed by atoms with Crippen LogP contribution in [0.5, 0.6) is 0 Å². The summed E-state index contributed by atoms with van der Waals surface area (Å²) in [5.74, 6) is -0.280. The van der Waals surface area contributed by atoms with Crippen LogP contribution in [0.25, 0.3) is 10.9 Å². The highest BCUT2D eigenvalue weighted by molar-refractivity contribution is 5.79. The van der Waals surface area contributed by atoms with Gasteiger partial charge in [-0.3, -0.25) is 4.79 Å². The second kappa shape index (κ2) is 7.14. The van der Waals surface area contributed by atoms with Crippen LogP contribution < -0.4 is 5.73 Å².